The molecule has 2 aromatic carbocycles. The highest BCUT2D eigenvalue weighted by Gasteiger charge is 2.16. The third-order valence-corrected chi connectivity index (χ3v) is 4.14. The minimum atomic E-state index is -0.790. The number of nitrogens with one attached hydrogen (secondary N) is 1. The number of anilines is 1. The van der Waals surface area contributed by atoms with E-state index in [1.807, 2.05) is 48.5 Å². The van der Waals surface area contributed by atoms with E-state index >= 15 is 0 Å². The average molecular weight is 381 g/mol. The maximum Gasteiger partial charge on any atom is 0.374 e. The second-order valence-corrected chi connectivity index (χ2v) is 5.90. The summed E-state index contributed by atoms with van der Waals surface area (Å²) in [7, 11) is 2.80. The van der Waals surface area contributed by atoms with Crippen LogP contribution in [0.3, 0.4) is 0 Å². The third-order valence-electron chi connectivity index (χ3n) is 4.14. The van der Waals surface area contributed by atoms with Crippen molar-refractivity contribution in [2.24, 2.45) is 0 Å². The third kappa shape index (κ3) is 4.15. The number of carbonyl (C=O) groups is 1. The van der Waals surface area contributed by atoms with Gasteiger partial charge in [0.2, 0.25) is 16.9 Å². The lowest BCUT2D eigenvalue weighted by atomic mass is 10.1. The molecular formula is C21H19NO6. The van der Waals surface area contributed by atoms with Gasteiger partial charge in [0.15, 0.2) is 5.76 Å². The molecule has 3 aromatic rings. The molecular weight excluding hydrogens is 362 g/mol. The molecule has 0 radical (unpaired) electrons. The van der Waals surface area contributed by atoms with Gasteiger partial charge in [0, 0.05) is 11.8 Å². The molecule has 1 heterocycles. The van der Waals surface area contributed by atoms with Crippen LogP contribution in [0.5, 0.6) is 11.5 Å². The summed E-state index contributed by atoms with van der Waals surface area (Å²) in [5, 5.41) is 12.9. The molecule has 28 heavy (non-hydrogen) atoms. The molecule has 0 aliphatic rings. The van der Waals surface area contributed by atoms with Crippen molar-refractivity contribution in [3.63, 3.8) is 0 Å². The van der Waals surface area contributed by atoms with Gasteiger partial charge in [0.05, 0.1) is 20.8 Å². The largest absolute Gasteiger partial charge is 0.502 e. The Bertz CT molecular complexity index is 1020. The lowest BCUT2D eigenvalue weighted by molar-refractivity contribution is 0.0559. The standard InChI is InChI=1S/C21H19NO6/c1-26-16-9-5-14(6-10-16)13-3-7-15(8-4-13)22-12-19-20(24)17(23)11-18(28-19)21(25)27-2/h3-11,22,24H,12H2,1-2H3. The van der Waals surface area contributed by atoms with E-state index in [1.165, 1.54) is 7.11 Å². The van der Waals surface area contributed by atoms with E-state index in [9.17, 15) is 14.7 Å². The second-order valence-electron chi connectivity index (χ2n) is 5.90. The molecule has 0 atom stereocenters. The Balaban J connectivity index is 1.73. The molecule has 3 rings (SSSR count). The molecule has 0 bridgehead atoms. The van der Waals surface area contributed by atoms with Gasteiger partial charge in [-0.15, -0.1) is 0 Å². The van der Waals surface area contributed by atoms with Crippen molar-refractivity contribution in [3.05, 3.63) is 76.3 Å². The van der Waals surface area contributed by atoms with Crippen molar-refractivity contribution < 1.29 is 23.8 Å². The van der Waals surface area contributed by atoms with E-state index in [0.717, 1.165) is 28.6 Å². The highest BCUT2D eigenvalue weighted by atomic mass is 16.5. The maximum atomic E-state index is 11.8. The van der Waals surface area contributed by atoms with Crippen LogP contribution in [-0.2, 0) is 11.3 Å². The fourth-order valence-electron chi connectivity index (χ4n) is 2.60. The second kappa shape index (κ2) is 8.30. The van der Waals surface area contributed by atoms with Crippen LogP contribution in [0.15, 0.2) is 63.8 Å². The van der Waals surface area contributed by atoms with E-state index in [0.29, 0.717) is 0 Å². The number of benzene rings is 2. The first-order valence-electron chi connectivity index (χ1n) is 8.44. The van der Waals surface area contributed by atoms with Crippen molar-refractivity contribution >= 4 is 11.7 Å². The Kier molecular flexibility index (Phi) is 5.64. The molecule has 0 amide bonds. The predicted octanol–water partition coefficient (Wildman–Crippen LogP) is 3.42. The van der Waals surface area contributed by atoms with Gasteiger partial charge < -0.3 is 24.3 Å². The van der Waals surface area contributed by atoms with Crippen LogP contribution in [0.25, 0.3) is 11.1 Å². The lowest BCUT2D eigenvalue weighted by Crippen LogP contribution is -2.12. The van der Waals surface area contributed by atoms with Crippen LogP contribution in [0.2, 0.25) is 0 Å². The topological polar surface area (TPSA) is 98.0 Å². The van der Waals surface area contributed by atoms with E-state index in [4.69, 9.17) is 9.15 Å². The van der Waals surface area contributed by atoms with Crippen molar-refractivity contribution in [2.45, 2.75) is 6.54 Å². The molecule has 0 aliphatic heterocycles. The Morgan fingerprint density at radius 3 is 2.21 bits per heavy atom. The molecule has 0 spiro atoms. The summed E-state index contributed by atoms with van der Waals surface area (Å²) in [6.07, 6.45) is 0. The molecule has 0 saturated heterocycles. The van der Waals surface area contributed by atoms with E-state index in [2.05, 4.69) is 10.1 Å². The van der Waals surface area contributed by atoms with Gasteiger partial charge in [-0.2, -0.15) is 0 Å². The smallest absolute Gasteiger partial charge is 0.374 e. The summed E-state index contributed by atoms with van der Waals surface area (Å²) in [6.45, 7) is 0.0216. The van der Waals surface area contributed by atoms with Gasteiger partial charge in [-0.1, -0.05) is 24.3 Å². The van der Waals surface area contributed by atoms with E-state index in [-0.39, 0.29) is 18.1 Å². The van der Waals surface area contributed by atoms with Gasteiger partial charge in [-0.05, 0) is 35.4 Å². The molecule has 7 heteroatoms. The fraction of sp³-hybridized carbons (Fsp3) is 0.143. The summed E-state index contributed by atoms with van der Waals surface area (Å²) >= 11 is 0. The first kappa shape index (κ1) is 19.0. The first-order chi connectivity index (χ1) is 13.5. The first-order valence-corrected chi connectivity index (χ1v) is 8.44. The van der Waals surface area contributed by atoms with E-state index in [1.54, 1.807) is 7.11 Å². The molecule has 2 N–H and O–H groups in total. The SMILES string of the molecule is COC(=O)c1cc(=O)c(O)c(CNc2ccc(-c3ccc(OC)cc3)cc2)o1. The molecule has 144 valence electrons. The number of hydrogen-bond acceptors (Lipinski definition) is 7. The van der Waals surface area contributed by atoms with Gasteiger partial charge in [-0.25, -0.2) is 4.79 Å². The predicted molar refractivity (Wildman–Crippen MR) is 104 cm³/mol. The lowest BCUT2D eigenvalue weighted by Gasteiger charge is -2.09. The van der Waals surface area contributed by atoms with Crippen molar-refractivity contribution in [1.82, 2.24) is 0 Å². The van der Waals surface area contributed by atoms with Crippen molar-refractivity contribution in [3.8, 4) is 22.6 Å². The number of esters is 1. The molecule has 0 saturated carbocycles. The minimum Gasteiger partial charge on any atom is -0.502 e. The Labute approximate surface area is 161 Å². The number of aromatic hydroxyl groups is 1. The summed E-state index contributed by atoms with van der Waals surface area (Å²) < 4.78 is 15.0. The normalized spacial score (nSPS) is 10.4. The molecule has 0 aliphatic carbocycles. The van der Waals surface area contributed by atoms with Gasteiger partial charge in [0.1, 0.15) is 5.75 Å². The Morgan fingerprint density at radius 2 is 1.64 bits per heavy atom. The Hall–Kier alpha value is -3.74. The molecule has 1 aromatic heterocycles. The van der Waals surface area contributed by atoms with Gasteiger partial charge >= 0.3 is 5.97 Å². The van der Waals surface area contributed by atoms with Gasteiger partial charge in [-0.3, -0.25) is 4.79 Å². The van der Waals surface area contributed by atoms with Crippen molar-refractivity contribution in [2.75, 3.05) is 19.5 Å². The summed E-state index contributed by atoms with van der Waals surface area (Å²) in [5.74, 6) is -0.862. The highest BCUT2D eigenvalue weighted by molar-refractivity contribution is 5.86. The number of methoxy groups -OCH3 is 2. The number of hydrogen-bond donors (Lipinski definition) is 2. The summed E-state index contributed by atoms with van der Waals surface area (Å²) in [5.41, 5.74) is 2.11. The molecule has 0 unspecified atom stereocenters. The van der Waals surface area contributed by atoms with Gasteiger partial charge in [0.25, 0.3) is 0 Å². The van der Waals surface area contributed by atoms with Crippen LogP contribution in [0.4, 0.5) is 5.69 Å². The monoisotopic (exact) mass is 381 g/mol. The number of ether oxygens (including phenoxy) is 2. The number of carbonyl (C=O) groups excluding carboxylic acids is 1. The summed E-state index contributed by atoms with van der Waals surface area (Å²) in [6, 6.07) is 16.2. The van der Waals surface area contributed by atoms with E-state index < -0.39 is 17.1 Å². The van der Waals surface area contributed by atoms with Crippen LogP contribution < -0.4 is 15.5 Å². The zero-order valence-corrected chi connectivity index (χ0v) is 15.4. The maximum absolute atomic E-state index is 11.8. The zero-order chi connectivity index (χ0) is 20.1. The zero-order valence-electron chi connectivity index (χ0n) is 15.4. The van der Waals surface area contributed by atoms with Crippen LogP contribution in [0.1, 0.15) is 16.3 Å². The summed E-state index contributed by atoms with van der Waals surface area (Å²) in [4.78, 5) is 23.3. The molecule has 0 fully saturated rings. The minimum absolute atomic E-state index is 0.0216. The van der Waals surface area contributed by atoms with Crippen molar-refractivity contribution in [1.29, 1.82) is 0 Å². The quantitative estimate of drug-likeness (QED) is 0.631. The molecule has 7 nitrogen and oxygen atoms in total. The fourth-order valence-corrected chi connectivity index (χ4v) is 2.60. The van der Waals surface area contributed by atoms with Crippen LogP contribution in [-0.4, -0.2) is 25.3 Å². The van der Waals surface area contributed by atoms with Crippen LogP contribution >= 0.6 is 0 Å². The average Bonchev–Trinajstić information content (AvgIpc) is 2.74. The number of rotatable bonds is 6. The van der Waals surface area contributed by atoms with Crippen LogP contribution in [0, 0.1) is 0 Å². The Morgan fingerprint density at radius 1 is 1.04 bits per heavy atom. The highest BCUT2D eigenvalue weighted by Crippen LogP contribution is 2.24.